The Morgan fingerprint density at radius 1 is 1.05 bits per heavy atom. The Balaban J connectivity index is 2.22. The van der Waals surface area contributed by atoms with E-state index in [0.717, 1.165) is 16.9 Å². The molecule has 2 aromatic rings. The fraction of sp³-hybridized carbons (Fsp3) is 0.250. The summed E-state index contributed by atoms with van der Waals surface area (Å²) in [6.07, 6.45) is 0. The summed E-state index contributed by atoms with van der Waals surface area (Å²) in [6, 6.07) is 10.7. The van der Waals surface area contributed by atoms with E-state index in [1.165, 1.54) is 0 Å². The number of rotatable bonds is 5. The Morgan fingerprint density at radius 2 is 1.67 bits per heavy atom. The van der Waals surface area contributed by atoms with Gasteiger partial charge in [-0.3, -0.25) is 0 Å². The van der Waals surface area contributed by atoms with E-state index < -0.39 is 0 Å². The summed E-state index contributed by atoms with van der Waals surface area (Å²) < 4.78 is 11.2. The lowest BCUT2D eigenvalue weighted by atomic mass is 10.1. The molecule has 21 heavy (non-hydrogen) atoms. The van der Waals surface area contributed by atoms with E-state index in [4.69, 9.17) is 38.4 Å². The van der Waals surface area contributed by atoms with Crippen LogP contribution in [0.25, 0.3) is 0 Å². The molecule has 0 aliphatic rings. The molecule has 5 heteroatoms. The zero-order valence-electron chi connectivity index (χ0n) is 11.9. The molecule has 0 heterocycles. The maximum atomic E-state index is 6.01. The van der Waals surface area contributed by atoms with Gasteiger partial charge in [-0.1, -0.05) is 23.2 Å². The van der Waals surface area contributed by atoms with Gasteiger partial charge in [0.25, 0.3) is 0 Å². The molecule has 112 valence electrons. The topological polar surface area (TPSA) is 44.5 Å². The maximum absolute atomic E-state index is 6.01. The molecular weight excluding hydrogens is 309 g/mol. The summed E-state index contributed by atoms with van der Waals surface area (Å²) in [6.45, 7) is 2.23. The van der Waals surface area contributed by atoms with Gasteiger partial charge in [0.1, 0.15) is 18.1 Å². The molecule has 1 atom stereocenters. The fourth-order valence-electron chi connectivity index (χ4n) is 2.02. The van der Waals surface area contributed by atoms with Crippen LogP contribution in [0, 0.1) is 0 Å². The van der Waals surface area contributed by atoms with Crippen molar-refractivity contribution in [1.82, 2.24) is 0 Å². The smallest absolute Gasteiger partial charge is 0.125 e. The second kappa shape index (κ2) is 7.03. The normalized spacial score (nSPS) is 12.0. The van der Waals surface area contributed by atoms with E-state index in [2.05, 4.69) is 0 Å². The number of nitrogens with two attached hydrogens (primary N) is 1. The molecule has 0 aliphatic carbocycles. The third-order valence-electron chi connectivity index (χ3n) is 3.09. The van der Waals surface area contributed by atoms with Crippen molar-refractivity contribution in [3.63, 3.8) is 0 Å². The van der Waals surface area contributed by atoms with E-state index in [-0.39, 0.29) is 6.04 Å². The number of benzene rings is 2. The molecule has 0 fully saturated rings. The maximum Gasteiger partial charge on any atom is 0.125 e. The third kappa shape index (κ3) is 4.03. The van der Waals surface area contributed by atoms with Crippen LogP contribution >= 0.6 is 23.2 Å². The lowest BCUT2D eigenvalue weighted by Crippen LogP contribution is -2.08. The molecule has 0 saturated carbocycles. The zero-order valence-corrected chi connectivity index (χ0v) is 13.4. The first-order chi connectivity index (χ1) is 10.0. The van der Waals surface area contributed by atoms with Crippen molar-refractivity contribution < 1.29 is 9.47 Å². The Labute approximate surface area is 134 Å². The lowest BCUT2D eigenvalue weighted by molar-refractivity contribution is 0.292. The predicted octanol–water partition coefficient (Wildman–Crippen LogP) is 4.60. The molecule has 2 aromatic carbocycles. The van der Waals surface area contributed by atoms with Crippen molar-refractivity contribution in [1.29, 1.82) is 0 Å². The zero-order chi connectivity index (χ0) is 15.4. The van der Waals surface area contributed by atoms with Crippen molar-refractivity contribution in [2.75, 3.05) is 7.11 Å². The molecule has 0 amide bonds. The van der Waals surface area contributed by atoms with Crippen LogP contribution in [-0.2, 0) is 6.61 Å². The molecule has 0 saturated heterocycles. The van der Waals surface area contributed by atoms with Crippen LogP contribution in [0.3, 0.4) is 0 Å². The van der Waals surface area contributed by atoms with Crippen molar-refractivity contribution in [3.05, 3.63) is 57.6 Å². The van der Waals surface area contributed by atoms with Crippen LogP contribution < -0.4 is 15.2 Å². The molecule has 2 N–H and O–H groups in total. The highest BCUT2D eigenvalue weighted by Crippen LogP contribution is 2.29. The van der Waals surface area contributed by atoms with E-state index in [1.807, 2.05) is 31.2 Å². The highest BCUT2D eigenvalue weighted by Gasteiger charge is 2.11. The molecule has 0 spiro atoms. The summed E-state index contributed by atoms with van der Waals surface area (Å²) in [5.41, 5.74) is 7.68. The SMILES string of the molecule is COc1ccc(Cl)cc1COc1ccc(Cl)cc1[C@H](C)N. The predicted molar refractivity (Wildman–Crippen MR) is 86.4 cm³/mol. The molecule has 0 bridgehead atoms. The van der Waals surface area contributed by atoms with Crippen LogP contribution in [0.5, 0.6) is 11.5 Å². The summed E-state index contributed by atoms with van der Waals surface area (Å²) >= 11 is 12.0. The number of hydrogen-bond acceptors (Lipinski definition) is 3. The largest absolute Gasteiger partial charge is 0.496 e. The summed E-state index contributed by atoms with van der Waals surface area (Å²) in [7, 11) is 1.61. The number of ether oxygens (including phenoxy) is 2. The van der Waals surface area contributed by atoms with Gasteiger partial charge >= 0.3 is 0 Å². The molecule has 0 radical (unpaired) electrons. The molecule has 0 aromatic heterocycles. The monoisotopic (exact) mass is 325 g/mol. The quantitative estimate of drug-likeness (QED) is 0.873. The highest BCUT2D eigenvalue weighted by atomic mass is 35.5. The molecule has 3 nitrogen and oxygen atoms in total. The van der Waals surface area contributed by atoms with Crippen LogP contribution in [0.1, 0.15) is 24.1 Å². The number of halogens is 2. The fourth-order valence-corrected chi connectivity index (χ4v) is 2.40. The lowest BCUT2D eigenvalue weighted by Gasteiger charge is -2.15. The third-order valence-corrected chi connectivity index (χ3v) is 3.56. The first-order valence-corrected chi connectivity index (χ1v) is 7.27. The molecule has 2 rings (SSSR count). The van der Waals surface area contributed by atoms with E-state index in [1.54, 1.807) is 19.2 Å². The van der Waals surface area contributed by atoms with E-state index >= 15 is 0 Å². The average molecular weight is 326 g/mol. The van der Waals surface area contributed by atoms with Gasteiger partial charge < -0.3 is 15.2 Å². The van der Waals surface area contributed by atoms with Gasteiger partial charge in [-0.15, -0.1) is 0 Å². The first-order valence-electron chi connectivity index (χ1n) is 6.51. The van der Waals surface area contributed by atoms with Crippen molar-refractivity contribution >= 4 is 23.2 Å². The minimum Gasteiger partial charge on any atom is -0.496 e. The van der Waals surface area contributed by atoms with Gasteiger partial charge in [-0.05, 0) is 43.3 Å². The van der Waals surface area contributed by atoms with Crippen LogP contribution in [0.2, 0.25) is 10.0 Å². The number of hydrogen-bond donors (Lipinski definition) is 1. The van der Waals surface area contributed by atoms with Crippen LogP contribution in [0.15, 0.2) is 36.4 Å². The average Bonchev–Trinajstić information content (AvgIpc) is 2.46. The summed E-state index contributed by atoms with van der Waals surface area (Å²) in [4.78, 5) is 0. The Morgan fingerprint density at radius 3 is 2.29 bits per heavy atom. The Hall–Kier alpha value is -1.42. The van der Waals surface area contributed by atoms with Gasteiger partial charge in [-0.2, -0.15) is 0 Å². The first kappa shape index (κ1) is 16.0. The highest BCUT2D eigenvalue weighted by molar-refractivity contribution is 6.31. The number of methoxy groups -OCH3 is 1. The second-order valence-electron chi connectivity index (χ2n) is 4.72. The second-order valence-corrected chi connectivity index (χ2v) is 5.59. The van der Waals surface area contributed by atoms with E-state index in [9.17, 15) is 0 Å². The van der Waals surface area contributed by atoms with Crippen molar-refractivity contribution in [2.45, 2.75) is 19.6 Å². The van der Waals surface area contributed by atoms with Crippen molar-refractivity contribution in [3.8, 4) is 11.5 Å². The Bertz CT molecular complexity index is 630. The summed E-state index contributed by atoms with van der Waals surface area (Å²) in [5.74, 6) is 1.44. The Kier molecular flexibility index (Phi) is 5.34. The minimum absolute atomic E-state index is 0.167. The van der Waals surface area contributed by atoms with Gasteiger partial charge in [-0.25, -0.2) is 0 Å². The minimum atomic E-state index is -0.167. The van der Waals surface area contributed by atoms with Gasteiger partial charge in [0.2, 0.25) is 0 Å². The molecule has 0 unspecified atom stereocenters. The van der Waals surface area contributed by atoms with E-state index in [0.29, 0.717) is 22.4 Å². The van der Waals surface area contributed by atoms with Gasteiger partial charge in [0.15, 0.2) is 0 Å². The molecular formula is C16H17Cl2NO2. The van der Waals surface area contributed by atoms with Crippen molar-refractivity contribution in [2.24, 2.45) is 5.73 Å². The van der Waals surface area contributed by atoms with Gasteiger partial charge in [0.05, 0.1) is 7.11 Å². The van der Waals surface area contributed by atoms with Crippen LogP contribution in [0.4, 0.5) is 0 Å². The van der Waals surface area contributed by atoms with Gasteiger partial charge in [0, 0.05) is 27.2 Å². The summed E-state index contributed by atoms with van der Waals surface area (Å²) in [5, 5.41) is 1.27. The standard InChI is InChI=1S/C16H17Cl2NO2/c1-10(19)14-8-13(18)4-6-16(14)21-9-11-7-12(17)3-5-15(11)20-2/h3-8,10H,9,19H2,1-2H3/t10-/m0/s1. The van der Waals surface area contributed by atoms with Crippen LogP contribution in [-0.4, -0.2) is 7.11 Å². The molecule has 0 aliphatic heterocycles.